The predicted molar refractivity (Wildman–Crippen MR) is 83.4 cm³/mol. The lowest BCUT2D eigenvalue weighted by atomic mass is 9.87. The van der Waals surface area contributed by atoms with E-state index < -0.39 is 5.72 Å². The van der Waals surface area contributed by atoms with Gasteiger partial charge in [-0.05, 0) is 11.1 Å². The third-order valence-corrected chi connectivity index (χ3v) is 4.41. The Kier molecular flexibility index (Phi) is 2.82. The monoisotopic (exact) mass is 278 g/mol. The Bertz CT molecular complexity index is 695. The quantitative estimate of drug-likeness (QED) is 0.914. The lowest BCUT2D eigenvalue weighted by molar-refractivity contribution is -0.0669. The first-order valence-electron chi connectivity index (χ1n) is 7.43. The van der Waals surface area contributed by atoms with Crippen LogP contribution in [0.2, 0.25) is 0 Å². The first-order valence-corrected chi connectivity index (χ1v) is 7.43. The van der Waals surface area contributed by atoms with Crippen molar-refractivity contribution in [2.45, 2.75) is 18.6 Å². The van der Waals surface area contributed by atoms with E-state index in [1.807, 2.05) is 30.3 Å². The first kappa shape index (κ1) is 12.6. The molecule has 4 rings (SSSR count). The largest absolute Gasteiger partial charge is 0.370 e. The summed E-state index contributed by atoms with van der Waals surface area (Å²) in [6.07, 6.45) is 1.28. The third-order valence-electron chi connectivity index (χ3n) is 4.41. The van der Waals surface area contributed by atoms with E-state index in [2.05, 4.69) is 34.2 Å². The number of nitrogens with zero attached hydrogens (tertiary/aromatic N) is 2. The van der Waals surface area contributed by atoms with Crippen molar-refractivity contribution in [2.75, 3.05) is 13.1 Å². The van der Waals surface area contributed by atoms with E-state index in [4.69, 9.17) is 0 Å². The van der Waals surface area contributed by atoms with Crippen molar-refractivity contribution in [3.8, 4) is 0 Å². The summed E-state index contributed by atoms with van der Waals surface area (Å²) in [6.45, 7) is 1.56. The highest BCUT2D eigenvalue weighted by Gasteiger charge is 2.43. The number of fused-ring (bicyclic) bond motifs is 3. The fourth-order valence-corrected chi connectivity index (χ4v) is 3.46. The topological polar surface area (TPSA) is 35.8 Å². The lowest BCUT2D eigenvalue weighted by Crippen LogP contribution is -2.56. The molecule has 3 nitrogen and oxygen atoms in total. The van der Waals surface area contributed by atoms with Crippen LogP contribution in [0.4, 0.5) is 0 Å². The van der Waals surface area contributed by atoms with Gasteiger partial charge in [0.1, 0.15) is 11.6 Å². The summed E-state index contributed by atoms with van der Waals surface area (Å²) in [5.74, 6) is 0.954. The summed E-state index contributed by atoms with van der Waals surface area (Å²) in [5, 5.41) is 11.3. The Morgan fingerprint density at radius 3 is 2.67 bits per heavy atom. The minimum absolute atomic E-state index is 0.626. The van der Waals surface area contributed by atoms with Gasteiger partial charge in [-0.15, -0.1) is 0 Å². The van der Waals surface area contributed by atoms with Gasteiger partial charge in [0.05, 0.1) is 6.54 Å². The molecule has 0 aromatic heterocycles. The van der Waals surface area contributed by atoms with Crippen molar-refractivity contribution in [1.29, 1.82) is 0 Å². The van der Waals surface area contributed by atoms with E-state index >= 15 is 0 Å². The normalized spacial score (nSPS) is 23.5. The van der Waals surface area contributed by atoms with Crippen molar-refractivity contribution in [1.82, 2.24) is 4.90 Å². The summed E-state index contributed by atoms with van der Waals surface area (Å²) in [4.78, 5) is 6.70. The minimum atomic E-state index is -0.870. The maximum absolute atomic E-state index is 11.3. The number of hydrogen-bond donors (Lipinski definition) is 1. The standard InChI is InChI=1S/C18H18N2O/c21-18(12-14-6-2-1-3-7-14)13-15-8-4-5-9-16(15)17-19-10-11-20(17)18/h1-9,21H,10-13H2/t18-/m1/s1. The smallest absolute Gasteiger partial charge is 0.147 e. The Balaban J connectivity index is 1.75. The van der Waals surface area contributed by atoms with Crippen LogP contribution in [-0.2, 0) is 12.8 Å². The zero-order valence-electron chi connectivity index (χ0n) is 11.9. The van der Waals surface area contributed by atoms with Gasteiger partial charge in [0.15, 0.2) is 0 Å². The van der Waals surface area contributed by atoms with Crippen LogP contribution in [0.25, 0.3) is 0 Å². The summed E-state index contributed by atoms with van der Waals surface area (Å²) in [5.41, 5.74) is 2.65. The van der Waals surface area contributed by atoms with E-state index in [0.29, 0.717) is 12.8 Å². The highest BCUT2D eigenvalue weighted by molar-refractivity contribution is 6.02. The van der Waals surface area contributed by atoms with Crippen molar-refractivity contribution in [3.63, 3.8) is 0 Å². The van der Waals surface area contributed by atoms with Crippen molar-refractivity contribution >= 4 is 5.84 Å². The van der Waals surface area contributed by atoms with Crippen LogP contribution >= 0.6 is 0 Å². The third kappa shape index (κ3) is 2.05. The number of aliphatic hydroxyl groups is 1. The van der Waals surface area contributed by atoms with Gasteiger partial charge in [-0.25, -0.2) is 0 Å². The van der Waals surface area contributed by atoms with Crippen LogP contribution < -0.4 is 0 Å². The summed E-state index contributed by atoms with van der Waals surface area (Å²) < 4.78 is 0. The Labute approximate surface area is 124 Å². The van der Waals surface area contributed by atoms with Crippen molar-refractivity contribution in [2.24, 2.45) is 4.99 Å². The molecule has 0 aliphatic carbocycles. The molecular weight excluding hydrogens is 260 g/mol. The molecule has 0 spiro atoms. The number of benzene rings is 2. The number of rotatable bonds is 2. The van der Waals surface area contributed by atoms with Gasteiger partial charge in [0, 0.05) is 24.9 Å². The van der Waals surface area contributed by atoms with E-state index in [1.165, 1.54) is 11.1 Å². The Hall–Kier alpha value is -2.13. The Morgan fingerprint density at radius 1 is 1.05 bits per heavy atom. The van der Waals surface area contributed by atoms with E-state index in [0.717, 1.165) is 24.5 Å². The second-order valence-electron chi connectivity index (χ2n) is 5.84. The first-order chi connectivity index (χ1) is 10.3. The van der Waals surface area contributed by atoms with Gasteiger partial charge >= 0.3 is 0 Å². The van der Waals surface area contributed by atoms with Gasteiger partial charge in [0.25, 0.3) is 0 Å². The average molecular weight is 278 g/mol. The molecule has 0 bridgehead atoms. The molecule has 1 atom stereocenters. The summed E-state index contributed by atoms with van der Waals surface area (Å²) >= 11 is 0. The van der Waals surface area contributed by atoms with Crippen LogP contribution in [0.5, 0.6) is 0 Å². The van der Waals surface area contributed by atoms with Gasteiger partial charge < -0.3 is 10.0 Å². The van der Waals surface area contributed by atoms with Crippen LogP contribution in [0.15, 0.2) is 59.6 Å². The van der Waals surface area contributed by atoms with Crippen LogP contribution in [0, 0.1) is 0 Å². The molecule has 2 heterocycles. The molecule has 2 aromatic carbocycles. The SMILES string of the molecule is O[C@]1(Cc2ccccc2)Cc2ccccc2C2=NCCN21. The molecule has 0 saturated heterocycles. The van der Waals surface area contributed by atoms with E-state index in [9.17, 15) is 5.11 Å². The molecule has 0 unspecified atom stereocenters. The van der Waals surface area contributed by atoms with E-state index in [-0.39, 0.29) is 0 Å². The van der Waals surface area contributed by atoms with Crippen LogP contribution in [-0.4, -0.2) is 34.7 Å². The Morgan fingerprint density at radius 2 is 1.81 bits per heavy atom. The molecule has 3 heteroatoms. The van der Waals surface area contributed by atoms with Gasteiger partial charge in [-0.1, -0.05) is 54.6 Å². The number of aliphatic imine (C=N–C) groups is 1. The van der Waals surface area contributed by atoms with Crippen molar-refractivity contribution < 1.29 is 5.11 Å². The summed E-state index contributed by atoms with van der Waals surface area (Å²) in [7, 11) is 0. The molecule has 106 valence electrons. The second-order valence-corrected chi connectivity index (χ2v) is 5.84. The second kappa shape index (κ2) is 4.71. The zero-order valence-corrected chi connectivity index (χ0v) is 11.9. The lowest BCUT2D eigenvalue weighted by Gasteiger charge is -2.43. The van der Waals surface area contributed by atoms with E-state index in [1.54, 1.807) is 0 Å². The molecule has 2 aromatic rings. The highest BCUT2D eigenvalue weighted by atomic mass is 16.3. The molecule has 2 aliphatic rings. The van der Waals surface area contributed by atoms with Crippen LogP contribution in [0.1, 0.15) is 16.7 Å². The molecule has 1 N–H and O–H groups in total. The van der Waals surface area contributed by atoms with Crippen LogP contribution in [0.3, 0.4) is 0 Å². The zero-order chi connectivity index (χ0) is 14.3. The number of amidine groups is 1. The van der Waals surface area contributed by atoms with Gasteiger partial charge in [0.2, 0.25) is 0 Å². The predicted octanol–water partition coefficient (Wildman–Crippen LogP) is 2.24. The number of hydrogen-bond acceptors (Lipinski definition) is 3. The molecule has 2 aliphatic heterocycles. The molecular formula is C18H18N2O. The molecule has 0 saturated carbocycles. The summed E-state index contributed by atoms with van der Waals surface area (Å²) in [6, 6.07) is 18.5. The molecule has 0 radical (unpaired) electrons. The average Bonchev–Trinajstić information content (AvgIpc) is 2.99. The molecule has 21 heavy (non-hydrogen) atoms. The van der Waals surface area contributed by atoms with Gasteiger partial charge in [-0.3, -0.25) is 4.99 Å². The van der Waals surface area contributed by atoms with Gasteiger partial charge in [-0.2, -0.15) is 0 Å². The fraction of sp³-hybridized carbons (Fsp3) is 0.278. The minimum Gasteiger partial charge on any atom is -0.370 e. The van der Waals surface area contributed by atoms with Crippen molar-refractivity contribution in [3.05, 3.63) is 71.3 Å². The fourth-order valence-electron chi connectivity index (χ4n) is 3.46. The molecule has 0 amide bonds. The molecule has 0 fully saturated rings. The maximum atomic E-state index is 11.3. The highest BCUT2D eigenvalue weighted by Crippen LogP contribution is 2.34. The maximum Gasteiger partial charge on any atom is 0.147 e.